The number of esters is 2. The van der Waals surface area contributed by atoms with Crippen molar-refractivity contribution in [3.63, 3.8) is 0 Å². The standard InChI is InChI=1S/C21H38O8S10/c22-1-5-30-7-3-28-19(24)11-33-14-32-9-10-39(27)18-37-16-36-17-38-21(26)13-35-15-34-12-20(25)29-4-8-31-6-2-23/h22-23H,1-18H2. The molecule has 0 bridgehead atoms. The van der Waals surface area contributed by atoms with Gasteiger partial charge in [-0.05, 0) is 11.2 Å². The lowest BCUT2D eigenvalue weighted by atomic mass is 10.8. The van der Waals surface area contributed by atoms with Gasteiger partial charge in [0.1, 0.15) is 19.0 Å². The number of thioether (sulfide) groups is 9. The highest BCUT2D eigenvalue weighted by Crippen LogP contribution is 2.22. The summed E-state index contributed by atoms with van der Waals surface area (Å²) in [4.78, 5) is 35.1. The Morgan fingerprint density at radius 1 is 0.615 bits per heavy atom. The van der Waals surface area contributed by atoms with Gasteiger partial charge in [-0.3, -0.25) is 14.4 Å². The normalized spacial score (nSPS) is 11.9. The molecular weight excluding hydrogens is 701 g/mol. The van der Waals surface area contributed by atoms with Crippen molar-refractivity contribution in [3.05, 3.63) is 0 Å². The molecule has 0 aromatic carbocycles. The Morgan fingerprint density at radius 3 is 1.74 bits per heavy atom. The van der Waals surface area contributed by atoms with Crippen LogP contribution in [0.3, 0.4) is 0 Å². The quantitative estimate of drug-likeness (QED) is 0.0500. The van der Waals surface area contributed by atoms with Gasteiger partial charge in [-0.15, -0.1) is 58.8 Å². The molecule has 1 unspecified atom stereocenters. The van der Waals surface area contributed by atoms with Crippen molar-refractivity contribution in [2.75, 3.05) is 104 Å². The highest BCUT2D eigenvalue weighted by Gasteiger charge is 2.09. The van der Waals surface area contributed by atoms with Crippen molar-refractivity contribution in [1.29, 1.82) is 0 Å². The summed E-state index contributed by atoms with van der Waals surface area (Å²) in [5.41, 5.74) is 0. The summed E-state index contributed by atoms with van der Waals surface area (Å²) >= 11 is 12.9. The fourth-order valence-electron chi connectivity index (χ4n) is 1.98. The van der Waals surface area contributed by atoms with Crippen LogP contribution in [-0.2, 0) is 35.0 Å². The summed E-state index contributed by atoms with van der Waals surface area (Å²) in [5.74, 6) is 4.59. The molecule has 2 N–H and O–H groups in total. The second kappa shape index (κ2) is 32.9. The molecule has 8 nitrogen and oxygen atoms in total. The first-order chi connectivity index (χ1) is 19.0. The van der Waals surface area contributed by atoms with E-state index < -0.39 is 11.2 Å². The van der Waals surface area contributed by atoms with Crippen LogP contribution in [0.5, 0.6) is 0 Å². The van der Waals surface area contributed by atoms with Gasteiger partial charge in [0.05, 0.1) is 30.5 Å². The van der Waals surface area contributed by atoms with Gasteiger partial charge in [-0.2, -0.15) is 23.5 Å². The second-order valence-electron chi connectivity index (χ2n) is 6.72. The van der Waals surface area contributed by atoms with Crippen molar-refractivity contribution in [2.45, 2.75) is 0 Å². The van der Waals surface area contributed by atoms with Crippen molar-refractivity contribution in [2.24, 2.45) is 0 Å². The van der Waals surface area contributed by atoms with E-state index in [-0.39, 0.29) is 36.0 Å². The van der Waals surface area contributed by atoms with Gasteiger partial charge >= 0.3 is 11.9 Å². The topological polar surface area (TPSA) is 133 Å². The SMILES string of the molecule is O=C(CSCSCC[S+]([O-])CSCSCSC(=O)CSCSCC(=O)OCCSCCO)OCCSCCO. The minimum absolute atomic E-state index is 0.116. The summed E-state index contributed by atoms with van der Waals surface area (Å²) < 4.78 is 22.3. The van der Waals surface area contributed by atoms with Gasteiger partial charge in [0.15, 0.2) is 10.2 Å². The Hall–Kier alpha value is 1.99. The molecule has 1 atom stereocenters. The predicted molar refractivity (Wildman–Crippen MR) is 186 cm³/mol. The number of ether oxygens (including phenoxy) is 2. The van der Waals surface area contributed by atoms with Crippen LogP contribution in [0.2, 0.25) is 0 Å². The molecule has 0 aromatic rings. The van der Waals surface area contributed by atoms with Crippen molar-refractivity contribution >= 4 is 134 Å². The molecule has 0 aromatic heterocycles. The van der Waals surface area contributed by atoms with E-state index in [1.54, 1.807) is 47.0 Å². The molecule has 0 rings (SSSR count). The summed E-state index contributed by atoms with van der Waals surface area (Å²) in [7, 11) is 0. The number of carbonyl (C=O) groups excluding carboxylic acids is 3. The zero-order chi connectivity index (χ0) is 28.8. The lowest BCUT2D eigenvalue weighted by molar-refractivity contribution is -0.140. The van der Waals surface area contributed by atoms with Crippen LogP contribution in [0.15, 0.2) is 0 Å². The van der Waals surface area contributed by atoms with E-state index in [1.807, 2.05) is 0 Å². The monoisotopic (exact) mass is 738 g/mol. The number of hydrogen-bond donors (Lipinski definition) is 2. The summed E-state index contributed by atoms with van der Waals surface area (Å²) in [6.07, 6.45) is 0. The van der Waals surface area contributed by atoms with E-state index in [2.05, 4.69) is 0 Å². The Kier molecular flexibility index (Phi) is 34.6. The molecule has 0 heterocycles. The minimum atomic E-state index is -0.884. The van der Waals surface area contributed by atoms with Gasteiger partial charge in [0.25, 0.3) is 0 Å². The van der Waals surface area contributed by atoms with E-state index in [0.29, 0.717) is 68.7 Å². The van der Waals surface area contributed by atoms with Gasteiger partial charge in [0.2, 0.25) is 0 Å². The van der Waals surface area contributed by atoms with Gasteiger partial charge < -0.3 is 24.2 Å². The lowest BCUT2D eigenvalue weighted by Crippen LogP contribution is -2.12. The van der Waals surface area contributed by atoms with Crippen molar-refractivity contribution in [3.8, 4) is 0 Å². The zero-order valence-electron chi connectivity index (χ0n) is 21.7. The third-order valence-electron chi connectivity index (χ3n) is 3.59. The summed E-state index contributed by atoms with van der Waals surface area (Å²) in [6, 6.07) is 0. The number of carbonyl (C=O) groups is 3. The van der Waals surface area contributed by atoms with E-state index >= 15 is 0 Å². The first-order valence-electron chi connectivity index (χ1n) is 11.6. The molecule has 0 saturated heterocycles. The van der Waals surface area contributed by atoms with Crippen LogP contribution >= 0.6 is 106 Å². The molecule has 0 spiro atoms. The maximum absolute atomic E-state index is 12.1. The van der Waals surface area contributed by atoms with Crippen molar-refractivity contribution < 1.29 is 38.6 Å². The maximum Gasteiger partial charge on any atom is 0.315 e. The highest BCUT2D eigenvalue weighted by atomic mass is 32.3. The fraction of sp³-hybridized carbons (Fsp3) is 0.857. The number of rotatable bonds is 29. The molecule has 230 valence electrons. The molecular formula is C21H38O8S10. The van der Waals surface area contributed by atoms with Gasteiger partial charge in [-0.25, -0.2) is 0 Å². The first kappa shape index (κ1) is 41.0. The average Bonchev–Trinajstić information content (AvgIpc) is 2.92. The first-order valence-corrected chi connectivity index (χ1v) is 23.4. The average molecular weight is 739 g/mol. The molecule has 39 heavy (non-hydrogen) atoms. The van der Waals surface area contributed by atoms with Crippen LogP contribution in [0.25, 0.3) is 0 Å². The molecule has 0 aliphatic rings. The Morgan fingerprint density at radius 2 is 1.15 bits per heavy atom. The predicted octanol–water partition coefficient (Wildman–Crippen LogP) is 3.72. The van der Waals surface area contributed by atoms with Crippen LogP contribution in [-0.4, -0.2) is 135 Å². The molecule has 0 aliphatic heterocycles. The van der Waals surface area contributed by atoms with E-state index in [9.17, 15) is 18.9 Å². The van der Waals surface area contributed by atoms with Gasteiger partial charge in [-0.1, -0.05) is 23.5 Å². The Balaban J connectivity index is 3.41. The number of aliphatic hydroxyl groups is 2. The summed E-state index contributed by atoms with van der Waals surface area (Å²) in [6.45, 7) is 0.981. The lowest BCUT2D eigenvalue weighted by Gasteiger charge is -2.10. The largest absolute Gasteiger partial charge is 0.616 e. The van der Waals surface area contributed by atoms with Crippen molar-refractivity contribution in [1.82, 2.24) is 0 Å². The minimum Gasteiger partial charge on any atom is -0.616 e. The highest BCUT2D eigenvalue weighted by molar-refractivity contribution is 8.29. The molecule has 18 heteroatoms. The molecule has 0 saturated carbocycles. The Bertz CT molecular complexity index is 609. The molecule has 0 aliphatic carbocycles. The van der Waals surface area contributed by atoms with Crippen LogP contribution in [0.4, 0.5) is 0 Å². The van der Waals surface area contributed by atoms with Crippen LogP contribution in [0, 0.1) is 0 Å². The van der Waals surface area contributed by atoms with Crippen LogP contribution in [0.1, 0.15) is 0 Å². The van der Waals surface area contributed by atoms with E-state index in [4.69, 9.17) is 19.7 Å². The zero-order valence-corrected chi connectivity index (χ0v) is 29.8. The van der Waals surface area contributed by atoms with E-state index in [1.165, 1.54) is 58.8 Å². The third kappa shape index (κ3) is 32.7. The number of hydrogen-bond acceptors (Lipinski definition) is 17. The summed E-state index contributed by atoms with van der Waals surface area (Å²) in [5, 5.41) is 20.9. The fourth-order valence-corrected chi connectivity index (χ4v) is 12.2. The molecule has 0 radical (unpaired) electrons. The van der Waals surface area contributed by atoms with E-state index in [0.717, 1.165) is 15.9 Å². The maximum atomic E-state index is 12.1. The number of aliphatic hydroxyl groups excluding tert-OH is 2. The third-order valence-corrected chi connectivity index (χ3v) is 15.7. The Labute approximate surface area is 274 Å². The molecule has 0 fully saturated rings. The molecule has 0 amide bonds. The van der Waals surface area contributed by atoms with Crippen LogP contribution < -0.4 is 0 Å². The van der Waals surface area contributed by atoms with Gasteiger partial charge in [0, 0.05) is 49.1 Å². The smallest absolute Gasteiger partial charge is 0.315 e. The second-order valence-corrected chi connectivity index (χ2v) is 19.6.